The first-order valence-electron chi connectivity index (χ1n) is 6.75. The molecule has 0 saturated carbocycles. The smallest absolute Gasteiger partial charge is 0.302 e. The first kappa shape index (κ1) is 14.7. The Hall–Kier alpha value is -2.22. The fourth-order valence-electron chi connectivity index (χ4n) is 2.63. The summed E-state index contributed by atoms with van der Waals surface area (Å²) in [5, 5.41) is 4.11. The standard InChI is InChI=1S/C14H14FN3O3S/c15-22(20,21)10-11-8-14(19)17(9-11)12-2-4-13(5-3-12)18-7-1-6-16-18/h1-7,11H,8-10H2. The molecule has 6 nitrogen and oxygen atoms in total. The SMILES string of the molecule is O=C1CC(CS(=O)(=O)F)CN1c1ccc(-n2cccn2)cc1. The van der Waals surface area contributed by atoms with Gasteiger partial charge in [0.1, 0.15) is 0 Å². The van der Waals surface area contributed by atoms with Crippen molar-refractivity contribution in [3.63, 3.8) is 0 Å². The highest BCUT2D eigenvalue weighted by atomic mass is 32.3. The molecule has 1 unspecified atom stereocenters. The summed E-state index contributed by atoms with van der Waals surface area (Å²) in [4.78, 5) is 13.5. The number of aromatic nitrogens is 2. The van der Waals surface area contributed by atoms with Crippen LogP contribution in [0.1, 0.15) is 6.42 Å². The van der Waals surface area contributed by atoms with E-state index in [-0.39, 0.29) is 18.9 Å². The second kappa shape index (κ2) is 5.53. The van der Waals surface area contributed by atoms with Gasteiger partial charge < -0.3 is 4.90 Å². The average molecular weight is 323 g/mol. The lowest BCUT2D eigenvalue weighted by molar-refractivity contribution is -0.117. The Morgan fingerprint density at radius 3 is 2.50 bits per heavy atom. The molecule has 0 spiro atoms. The van der Waals surface area contributed by atoms with Crippen LogP contribution in [0, 0.1) is 5.92 Å². The molecular weight excluding hydrogens is 309 g/mol. The summed E-state index contributed by atoms with van der Waals surface area (Å²) >= 11 is 0. The Labute approximate surface area is 127 Å². The third-order valence-corrected chi connectivity index (χ3v) is 4.44. The van der Waals surface area contributed by atoms with Crippen LogP contribution in [0.25, 0.3) is 5.69 Å². The molecule has 1 aromatic carbocycles. The van der Waals surface area contributed by atoms with Crippen molar-refractivity contribution in [3.05, 3.63) is 42.7 Å². The van der Waals surface area contributed by atoms with Gasteiger partial charge in [0.05, 0.1) is 11.4 Å². The van der Waals surface area contributed by atoms with Gasteiger partial charge in [-0.2, -0.15) is 13.5 Å². The Morgan fingerprint density at radius 2 is 1.91 bits per heavy atom. The van der Waals surface area contributed by atoms with Gasteiger partial charge >= 0.3 is 10.2 Å². The lowest BCUT2D eigenvalue weighted by Crippen LogP contribution is -2.25. The first-order valence-corrected chi connectivity index (χ1v) is 8.30. The number of carbonyl (C=O) groups is 1. The van der Waals surface area contributed by atoms with E-state index in [0.717, 1.165) is 5.69 Å². The van der Waals surface area contributed by atoms with Crippen LogP contribution in [-0.4, -0.2) is 36.4 Å². The molecule has 2 heterocycles. The zero-order valence-electron chi connectivity index (χ0n) is 11.6. The number of hydrogen-bond acceptors (Lipinski definition) is 4. The molecule has 1 aliphatic rings. The van der Waals surface area contributed by atoms with E-state index in [0.29, 0.717) is 5.69 Å². The van der Waals surface area contributed by atoms with E-state index in [4.69, 9.17) is 0 Å². The van der Waals surface area contributed by atoms with Gasteiger partial charge in [0.15, 0.2) is 0 Å². The van der Waals surface area contributed by atoms with Crippen molar-refractivity contribution < 1.29 is 17.1 Å². The van der Waals surface area contributed by atoms with Crippen LogP contribution in [0.4, 0.5) is 9.57 Å². The van der Waals surface area contributed by atoms with Crippen molar-refractivity contribution in [1.82, 2.24) is 9.78 Å². The number of amides is 1. The summed E-state index contributed by atoms with van der Waals surface area (Å²) in [6, 6.07) is 8.96. The molecule has 1 fully saturated rings. The number of nitrogens with zero attached hydrogens (tertiary/aromatic N) is 3. The zero-order chi connectivity index (χ0) is 15.7. The topological polar surface area (TPSA) is 72.3 Å². The number of benzene rings is 1. The van der Waals surface area contributed by atoms with Gasteiger partial charge in [-0.15, -0.1) is 3.89 Å². The first-order chi connectivity index (χ1) is 10.4. The van der Waals surface area contributed by atoms with E-state index in [1.54, 1.807) is 35.3 Å². The fourth-order valence-corrected chi connectivity index (χ4v) is 3.42. The molecular formula is C14H14FN3O3S. The van der Waals surface area contributed by atoms with Crippen LogP contribution in [0.15, 0.2) is 42.7 Å². The molecule has 22 heavy (non-hydrogen) atoms. The maximum absolute atomic E-state index is 12.7. The fraction of sp³-hybridized carbons (Fsp3) is 0.286. The predicted molar refractivity (Wildman–Crippen MR) is 78.9 cm³/mol. The van der Waals surface area contributed by atoms with E-state index in [9.17, 15) is 17.1 Å². The molecule has 3 rings (SSSR count). The quantitative estimate of drug-likeness (QED) is 0.800. The third kappa shape index (κ3) is 3.16. The molecule has 1 amide bonds. The molecule has 1 atom stereocenters. The Kier molecular flexibility index (Phi) is 3.69. The molecule has 0 radical (unpaired) electrons. The molecule has 2 aromatic rings. The van der Waals surface area contributed by atoms with E-state index in [1.807, 2.05) is 12.1 Å². The van der Waals surface area contributed by atoms with Gasteiger partial charge in [-0.3, -0.25) is 4.79 Å². The second-order valence-electron chi connectivity index (χ2n) is 5.25. The maximum atomic E-state index is 12.7. The summed E-state index contributed by atoms with van der Waals surface area (Å²) in [5.41, 5.74) is 1.52. The van der Waals surface area contributed by atoms with Crippen molar-refractivity contribution in [3.8, 4) is 5.69 Å². The summed E-state index contributed by atoms with van der Waals surface area (Å²) in [7, 11) is -4.56. The normalized spacial score (nSPS) is 18.9. The lowest BCUT2D eigenvalue weighted by atomic mass is 10.1. The molecule has 1 aliphatic heterocycles. The molecule has 116 valence electrons. The largest absolute Gasteiger partial charge is 0.312 e. The van der Waals surface area contributed by atoms with Crippen molar-refractivity contribution in [2.45, 2.75) is 6.42 Å². The van der Waals surface area contributed by atoms with Gasteiger partial charge in [-0.1, -0.05) is 0 Å². The zero-order valence-corrected chi connectivity index (χ0v) is 12.4. The molecule has 1 aromatic heterocycles. The van der Waals surface area contributed by atoms with E-state index in [2.05, 4.69) is 5.10 Å². The van der Waals surface area contributed by atoms with Crippen molar-refractivity contribution >= 4 is 21.8 Å². The molecule has 1 saturated heterocycles. The van der Waals surface area contributed by atoms with Gasteiger partial charge in [-0.25, -0.2) is 4.68 Å². The van der Waals surface area contributed by atoms with E-state index < -0.39 is 21.9 Å². The maximum Gasteiger partial charge on any atom is 0.302 e. The molecule has 0 N–H and O–H groups in total. The van der Waals surface area contributed by atoms with Crippen LogP contribution in [0.2, 0.25) is 0 Å². The van der Waals surface area contributed by atoms with E-state index >= 15 is 0 Å². The van der Waals surface area contributed by atoms with Crippen LogP contribution < -0.4 is 4.90 Å². The molecule has 0 bridgehead atoms. The van der Waals surface area contributed by atoms with Crippen LogP contribution in [0.5, 0.6) is 0 Å². The Balaban J connectivity index is 1.76. The monoisotopic (exact) mass is 323 g/mol. The van der Waals surface area contributed by atoms with Gasteiger partial charge in [0.25, 0.3) is 0 Å². The van der Waals surface area contributed by atoms with E-state index in [1.165, 1.54) is 4.90 Å². The van der Waals surface area contributed by atoms with Gasteiger partial charge in [-0.05, 0) is 30.3 Å². The number of hydrogen-bond donors (Lipinski definition) is 0. The highest BCUT2D eigenvalue weighted by Crippen LogP contribution is 2.27. The Bertz CT molecular complexity index is 772. The molecule has 8 heteroatoms. The van der Waals surface area contributed by atoms with Crippen molar-refractivity contribution in [2.75, 3.05) is 17.2 Å². The number of carbonyl (C=O) groups excluding carboxylic acids is 1. The number of halogens is 1. The average Bonchev–Trinajstić information content (AvgIpc) is 3.07. The van der Waals surface area contributed by atoms with Crippen LogP contribution >= 0.6 is 0 Å². The number of rotatable bonds is 4. The third-order valence-electron chi connectivity index (χ3n) is 3.57. The predicted octanol–water partition coefficient (Wildman–Crippen LogP) is 1.52. The summed E-state index contributed by atoms with van der Waals surface area (Å²) < 4.78 is 35.8. The lowest BCUT2D eigenvalue weighted by Gasteiger charge is -2.17. The molecule has 0 aliphatic carbocycles. The second-order valence-corrected chi connectivity index (χ2v) is 6.66. The van der Waals surface area contributed by atoms with Crippen LogP contribution in [0.3, 0.4) is 0 Å². The highest BCUT2D eigenvalue weighted by Gasteiger charge is 2.33. The Morgan fingerprint density at radius 1 is 1.23 bits per heavy atom. The number of anilines is 1. The minimum atomic E-state index is -4.56. The minimum Gasteiger partial charge on any atom is -0.312 e. The summed E-state index contributed by atoms with van der Waals surface area (Å²) in [6.07, 6.45) is 3.52. The summed E-state index contributed by atoms with van der Waals surface area (Å²) in [5.74, 6) is -1.31. The van der Waals surface area contributed by atoms with Gasteiger partial charge in [0.2, 0.25) is 5.91 Å². The van der Waals surface area contributed by atoms with Crippen LogP contribution in [-0.2, 0) is 15.0 Å². The highest BCUT2D eigenvalue weighted by molar-refractivity contribution is 7.86. The van der Waals surface area contributed by atoms with Crippen molar-refractivity contribution in [2.24, 2.45) is 5.92 Å². The summed E-state index contributed by atoms with van der Waals surface area (Å²) in [6.45, 7) is 0.211. The van der Waals surface area contributed by atoms with Gasteiger partial charge in [0, 0.05) is 37.0 Å². The minimum absolute atomic E-state index is 0.0457. The van der Waals surface area contributed by atoms with Crippen molar-refractivity contribution in [1.29, 1.82) is 0 Å².